The van der Waals surface area contributed by atoms with Crippen molar-refractivity contribution in [2.45, 2.75) is 18.9 Å². The molecule has 0 aliphatic carbocycles. The van der Waals surface area contributed by atoms with Crippen LogP contribution in [0.15, 0.2) is 72.0 Å². The number of ether oxygens (including phenoxy) is 1. The molecule has 0 fully saturated rings. The average molecular weight is 453 g/mol. The maximum Gasteiger partial charge on any atom is 0.259 e. The van der Waals surface area contributed by atoms with Crippen molar-refractivity contribution in [3.8, 4) is 11.5 Å². The number of carbonyl (C=O) groups is 1. The monoisotopic (exact) mass is 452 g/mol. The van der Waals surface area contributed by atoms with Crippen LogP contribution in [0.1, 0.15) is 29.3 Å². The van der Waals surface area contributed by atoms with Gasteiger partial charge in [0.05, 0.1) is 17.3 Å². The van der Waals surface area contributed by atoms with Gasteiger partial charge >= 0.3 is 0 Å². The molecule has 158 valence electrons. The first-order valence-electron chi connectivity index (χ1n) is 9.70. The van der Waals surface area contributed by atoms with Gasteiger partial charge in [0.25, 0.3) is 5.91 Å². The van der Waals surface area contributed by atoms with E-state index in [9.17, 15) is 4.79 Å². The zero-order valence-electron chi connectivity index (χ0n) is 16.8. The third kappa shape index (κ3) is 5.00. The first-order chi connectivity index (χ1) is 14.9. The van der Waals surface area contributed by atoms with Gasteiger partial charge in [-0.1, -0.05) is 35.5 Å². The number of nitrogens with one attached hydrogen (secondary N) is 1. The number of nitrogens with two attached hydrogens (primary N) is 1. The Labute approximate surface area is 189 Å². The quantitative estimate of drug-likeness (QED) is 0.537. The summed E-state index contributed by atoms with van der Waals surface area (Å²) in [6.45, 7) is 2.06. The van der Waals surface area contributed by atoms with Crippen LogP contribution in [-0.4, -0.2) is 21.8 Å². The van der Waals surface area contributed by atoms with Gasteiger partial charge in [-0.3, -0.25) is 14.8 Å². The number of benzene rings is 2. The minimum atomic E-state index is -0.407. The molecular formula is C23H21ClN4O2S. The number of nitrogens with zero attached hydrogens (tertiary/aromatic N) is 2. The SMILES string of the molecule is CC1(c2cccc(NC(=O)c3ccncc3Oc3ccc(Cl)cc3)c2)CCSC(N)=N1. The maximum absolute atomic E-state index is 13.0. The standard InChI is InChI=1S/C23H21ClN4O2S/c1-23(10-12-31-22(25)28-23)15-3-2-4-17(13-15)27-21(29)19-9-11-26-14-20(19)30-18-7-5-16(24)6-8-18/h2-9,11,13-14H,10,12H2,1H3,(H2,25,28)(H,27,29). The van der Waals surface area contributed by atoms with Gasteiger partial charge in [0.15, 0.2) is 10.9 Å². The molecule has 8 heteroatoms. The molecule has 1 aliphatic heterocycles. The molecule has 31 heavy (non-hydrogen) atoms. The van der Waals surface area contributed by atoms with Gasteiger partial charge < -0.3 is 15.8 Å². The predicted molar refractivity (Wildman–Crippen MR) is 126 cm³/mol. The molecule has 0 spiro atoms. The Balaban J connectivity index is 1.55. The highest BCUT2D eigenvalue weighted by Crippen LogP contribution is 2.36. The van der Waals surface area contributed by atoms with Gasteiger partial charge in [-0.2, -0.15) is 0 Å². The van der Waals surface area contributed by atoms with E-state index in [2.05, 4.69) is 22.2 Å². The van der Waals surface area contributed by atoms with E-state index in [0.717, 1.165) is 17.7 Å². The highest BCUT2D eigenvalue weighted by Gasteiger charge is 2.29. The van der Waals surface area contributed by atoms with Crippen molar-refractivity contribution in [3.63, 3.8) is 0 Å². The summed E-state index contributed by atoms with van der Waals surface area (Å²) in [6, 6.07) is 16.2. The normalized spacial score (nSPS) is 18.2. The largest absolute Gasteiger partial charge is 0.455 e. The van der Waals surface area contributed by atoms with Crippen molar-refractivity contribution < 1.29 is 9.53 Å². The van der Waals surface area contributed by atoms with Crippen LogP contribution in [0, 0.1) is 0 Å². The molecule has 0 saturated carbocycles. The summed E-state index contributed by atoms with van der Waals surface area (Å²) in [5, 5.41) is 4.14. The number of thioether (sulfide) groups is 1. The average Bonchev–Trinajstić information content (AvgIpc) is 2.76. The lowest BCUT2D eigenvalue weighted by Crippen LogP contribution is -2.28. The van der Waals surface area contributed by atoms with E-state index in [-0.39, 0.29) is 5.91 Å². The van der Waals surface area contributed by atoms with Gasteiger partial charge in [-0.25, -0.2) is 0 Å². The molecule has 1 aromatic heterocycles. The van der Waals surface area contributed by atoms with E-state index < -0.39 is 5.54 Å². The molecular weight excluding hydrogens is 432 g/mol. The number of hydrogen-bond donors (Lipinski definition) is 2. The summed E-state index contributed by atoms with van der Waals surface area (Å²) >= 11 is 7.49. The first kappa shape index (κ1) is 21.2. The number of anilines is 1. The smallest absolute Gasteiger partial charge is 0.259 e. The summed E-state index contributed by atoms with van der Waals surface area (Å²) in [6.07, 6.45) is 3.94. The molecule has 3 N–H and O–H groups in total. The van der Waals surface area contributed by atoms with E-state index in [1.54, 1.807) is 48.3 Å². The Morgan fingerprint density at radius 3 is 2.81 bits per heavy atom. The number of halogens is 1. The van der Waals surface area contributed by atoms with Crippen LogP contribution in [-0.2, 0) is 5.54 Å². The minimum absolute atomic E-state index is 0.295. The summed E-state index contributed by atoms with van der Waals surface area (Å²) in [4.78, 5) is 21.7. The zero-order chi connectivity index (χ0) is 21.8. The van der Waals surface area contributed by atoms with Crippen molar-refractivity contribution in [1.29, 1.82) is 0 Å². The zero-order valence-corrected chi connectivity index (χ0v) is 18.4. The van der Waals surface area contributed by atoms with Crippen LogP contribution >= 0.6 is 23.4 Å². The van der Waals surface area contributed by atoms with E-state index in [1.807, 2.05) is 24.3 Å². The third-order valence-corrected chi connectivity index (χ3v) is 6.06. The second kappa shape index (κ2) is 8.99. The Morgan fingerprint density at radius 2 is 2.03 bits per heavy atom. The van der Waals surface area contributed by atoms with Crippen LogP contribution in [0.4, 0.5) is 5.69 Å². The Hall–Kier alpha value is -3.03. The fraction of sp³-hybridized carbons (Fsp3) is 0.174. The summed E-state index contributed by atoms with van der Waals surface area (Å²) < 4.78 is 5.85. The Bertz CT molecular complexity index is 1140. The van der Waals surface area contributed by atoms with E-state index in [0.29, 0.717) is 32.9 Å². The number of aromatic nitrogens is 1. The van der Waals surface area contributed by atoms with Gasteiger partial charge in [0, 0.05) is 22.7 Å². The van der Waals surface area contributed by atoms with Gasteiger partial charge in [0.1, 0.15) is 5.75 Å². The summed E-state index contributed by atoms with van der Waals surface area (Å²) in [5.41, 5.74) is 7.58. The highest BCUT2D eigenvalue weighted by atomic mass is 35.5. The van der Waals surface area contributed by atoms with Crippen LogP contribution < -0.4 is 15.8 Å². The fourth-order valence-corrected chi connectivity index (χ4v) is 4.40. The number of aliphatic imine (C=N–C) groups is 1. The number of hydrogen-bond acceptors (Lipinski definition) is 6. The van der Waals surface area contributed by atoms with Crippen molar-refractivity contribution in [3.05, 3.63) is 83.1 Å². The lowest BCUT2D eigenvalue weighted by Gasteiger charge is -2.30. The molecule has 1 unspecified atom stereocenters. The number of rotatable bonds is 5. The molecule has 2 aromatic carbocycles. The fourth-order valence-electron chi connectivity index (χ4n) is 3.30. The Kier molecular flexibility index (Phi) is 6.15. The second-order valence-corrected chi connectivity index (χ2v) is 8.84. The number of amides is 1. The van der Waals surface area contributed by atoms with Gasteiger partial charge in [-0.15, -0.1) is 0 Å². The highest BCUT2D eigenvalue weighted by molar-refractivity contribution is 8.13. The molecule has 1 aliphatic rings. The molecule has 6 nitrogen and oxygen atoms in total. The number of amidine groups is 1. The van der Waals surface area contributed by atoms with Crippen molar-refractivity contribution in [1.82, 2.24) is 4.98 Å². The summed E-state index contributed by atoms with van der Waals surface area (Å²) in [5.74, 6) is 1.53. The molecule has 2 heterocycles. The molecule has 1 atom stereocenters. The van der Waals surface area contributed by atoms with Crippen molar-refractivity contribution >= 4 is 40.1 Å². The topological polar surface area (TPSA) is 89.6 Å². The van der Waals surface area contributed by atoms with E-state index in [1.165, 1.54) is 6.20 Å². The van der Waals surface area contributed by atoms with Crippen molar-refractivity contribution in [2.75, 3.05) is 11.1 Å². The van der Waals surface area contributed by atoms with Crippen LogP contribution in [0.25, 0.3) is 0 Å². The van der Waals surface area contributed by atoms with Crippen LogP contribution in [0.5, 0.6) is 11.5 Å². The van der Waals surface area contributed by atoms with E-state index >= 15 is 0 Å². The molecule has 4 rings (SSSR count). The lowest BCUT2D eigenvalue weighted by molar-refractivity contribution is 0.102. The van der Waals surface area contributed by atoms with Gasteiger partial charge in [-0.05, 0) is 61.4 Å². The maximum atomic E-state index is 13.0. The van der Waals surface area contributed by atoms with Gasteiger partial charge in [0.2, 0.25) is 0 Å². The molecule has 0 saturated heterocycles. The second-order valence-electron chi connectivity index (χ2n) is 7.29. The molecule has 1 amide bonds. The van der Waals surface area contributed by atoms with Crippen LogP contribution in [0.3, 0.4) is 0 Å². The summed E-state index contributed by atoms with van der Waals surface area (Å²) in [7, 11) is 0. The van der Waals surface area contributed by atoms with Crippen LogP contribution in [0.2, 0.25) is 5.02 Å². The minimum Gasteiger partial charge on any atom is -0.455 e. The predicted octanol–water partition coefficient (Wildman–Crippen LogP) is 5.45. The first-order valence-corrected chi connectivity index (χ1v) is 11.1. The molecule has 3 aromatic rings. The molecule has 0 bridgehead atoms. The lowest BCUT2D eigenvalue weighted by atomic mass is 9.89. The van der Waals surface area contributed by atoms with Crippen molar-refractivity contribution in [2.24, 2.45) is 10.7 Å². The number of pyridine rings is 1. The van der Waals surface area contributed by atoms with E-state index in [4.69, 9.17) is 22.1 Å². The molecule has 0 radical (unpaired) electrons. The number of carbonyl (C=O) groups excluding carboxylic acids is 1. The Morgan fingerprint density at radius 1 is 1.23 bits per heavy atom. The third-order valence-electron chi connectivity index (χ3n) is 5.01.